The summed E-state index contributed by atoms with van der Waals surface area (Å²) in [4.78, 5) is 13.5. The second-order valence-electron chi connectivity index (χ2n) is 7.56. The van der Waals surface area contributed by atoms with E-state index in [-0.39, 0.29) is 5.56 Å². The Morgan fingerprint density at radius 2 is 1.94 bits per heavy atom. The molecule has 5 aromatic rings. The van der Waals surface area contributed by atoms with Gasteiger partial charge in [0, 0.05) is 48.6 Å². The molecule has 0 saturated carbocycles. The van der Waals surface area contributed by atoms with Crippen LogP contribution in [0.2, 0.25) is 0 Å². The van der Waals surface area contributed by atoms with Gasteiger partial charge in [0.1, 0.15) is 17.1 Å². The number of halogens is 2. The molecule has 7 nitrogen and oxygen atoms in total. The molecule has 0 spiro atoms. The molecule has 0 fully saturated rings. The molecule has 34 heavy (non-hydrogen) atoms. The number of nitrogens with zero attached hydrogens (tertiary/aromatic N) is 4. The highest BCUT2D eigenvalue weighted by atomic mass is 19.2. The van der Waals surface area contributed by atoms with E-state index in [9.17, 15) is 8.78 Å². The largest absolute Gasteiger partial charge is 0.491 e. The number of rotatable bonds is 7. The second-order valence-corrected chi connectivity index (χ2v) is 7.56. The summed E-state index contributed by atoms with van der Waals surface area (Å²) in [6.07, 6.45) is 7.48. The van der Waals surface area contributed by atoms with Crippen molar-refractivity contribution in [3.63, 3.8) is 0 Å². The van der Waals surface area contributed by atoms with Crippen molar-refractivity contribution in [2.24, 2.45) is 0 Å². The van der Waals surface area contributed by atoms with Gasteiger partial charge in [0.05, 0.1) is 12.8 Å². The third-order valence-corrected chi connectivity index (χ3v) is 5.39. The van der Waals surface area contributed by atoms with Crippen LogP contribution in [0.25, 0.3) is 33.4 Å². The lowest BCUT2D eigenvalue weighted by Crippen LogP contribution is -2.05. The average molecular weight is 458 g/mol. The lowest BCUT2D eigenvalue weighted by molar-refractivity contribution is 0.325. The highest BCUT2D eigenvalue weighted by Crippen LogP contribution is 2.37. The number of H-pyrrole nitrogens is 1. The molecule has 0 atom stereocenters. The first kappa shape index (κ1) is 21.4. The Labute approximate surface area is 193 Å². The van der Waals surface area contributed by atoms with Crippen molar-refractivity contribution in [2.75, 3.05) is 19.0 Å². The first-order valence-corrected chi connectivity index (χ1v) is 10.6. The monoisotopic (exact) mass is 458 g/mol. The maximum atomic E-state index is 14.6. The summed E-state index contributed by atoms with van der Waals surface area (Å²) in [5, 5.41) is 10.4. The molecule has 2 aromatic carbocycles. The zero-order chi connectivity index (χ0) is 23.5. The van der Waals surface area contributed by atoms with E-state index in [4.69, 9.17) is 9.72 Å². The standard InChI is InChI=1S/C25H20F2N6O/c1-28-25-19-10-17(18-5-2-6-20(26)22(18)27)11-21(34-9-7-15-12-30-31-13-15)23(19)32-24(33-25)16-4-3-8-29-14-16/h2-6,8,10-14H,7,9H2,1H3,(H,30,31)(H,28,32,33). The summed E-state index contributed by atoms with van der Waals surface area (Å²) in [5.74, 6) is -0.414. The molecular formula is C25H20F2N6O. The molecule has 0 saturated heterocycles. The highest BCUT2D eigenvalue weighted by molar-refractivity contribution is 5.97. The van der Waals surface area contributed by atoms with Crippen LogP contribution in [-0.2, 0) is 6.42 Å². The van der Waals surface area contributed by atoms with Crippen LogP contribution in [0.15, 0.2) is 67.3 Å². The van der Waals surface area contributed by atoms with Gasteiger partial charge in [0.2, 0.25) is 0 Å². The van der Waals surface area contributed by atoms with Crippen molar-refractivity contribution in [3.8, 4) is 28.3 Å². The normalized spacial score (nSPS) is 11.0. The molecule has 3 heterocycles. The summed E-state index contributed by atoms with van der Waals surface area (Å²) in [7, 11) is 1.74. The fourth-order valence-electron chi connectivity index (χ4n) is 3.70. The number of aromatic amines is 1. The fraction of sp³-hybridized carbons (Fsp3) is 0.120. The van der Waals surface area contributed by atoms with E-state index in [0.717, 1.165) is 17.2 Å². The third-order valence-electron chi connectivity index (χ3n) is 5.39. The van der Waals surface area contributed by atoms with Crippen molar-refractivity contribution in [2.45, 2.75) is 6.42 Å². The molecule has 0 aliphatic carbocycles. The summed E-state index contributed by atoms with van der Waals surface area (Å²) >= 11 is 0. The Hall–Kier alpha value is -4.40. The molecule has 9 heteroatoms. The Morgan fingerprint density at radius 3 is 2.71 bits per heavy atom. The van der Waals surface area contributed by atoms with Crippen LogP contribution in [0.1, 0.15) is 5.56 Å². The maximum absolute atomic E-state index is 14.6. The summed E-state index contributed by atoms with van der Waals surface area (Å²) in [6, 6.07) is 11.2. The maximum Gasteiger partial charge on any atom is 0.166 e. The Bertz CT molecular complexity index is 1440. The van der Waals surface area contributed by atoms with E-state index in [1.165, 1.54) is 12.1 Å². The lowest BCUT2D eigenvalue weighted by atomic mass is 10.0. The smallest absolute Gasteiger partial charge is 0.166 e. The molecule has 0 unspecified atom stereocenters. The predicted octanol–water partition coefficient (Wildman–Crippen LogP) is 5.02. The summed E-state index contributed by atoms with van der Waals surface area (Å²) in [6.45, 7) is 0.338. The van der Waals surface area contributed by atoms with Crippen LogP contribution in [0, 0.1) is 11.6 Å². The van der Waals surface area contributed by atoms with E-state index in [0.29, 0.717) is 46.9 Å². The van der Waals surface area contributed by atoms with E-state index in [1.54, 1.807) is 50.0 Å². The van der Waals surface area contributed by atoms with E-state index >= 15 is 0 Å². The molecule has 170 valence electrons. The van der Waals surface area contributed by atoms with Crippen molar-refractivity contribution < 1.29 is 13.5 Å². The van der Waals surface area contributed by atoms with Gasteiger partial charge in [-0.05, 0) is 41.5 Å². The van der Waals surface area contributed by atoms with Crippen molar-refractivity contribution in [1.29, 1.82) is 0 Å². The quantitative estimate of drug-likeness (QED) is 0.356. The van der Waals surface area contributed by atoms with Crippen LogP contribution in [0.5, 0.6) is 5.75 Å². The molecule has 0 aliphatic rings. The van der Waals surface area contributed by atoms with Gasteiger partial charge in [0.15, 0.2) is 17.5 Å². The number of fused-ring (bicyclic) bond motifs is 1. The number of anilines is 1. The zero-order valence-corrected chi connectivity index (χ0v) is 18.2. The number of nitrogens with one attached hydrogen (secondary N) is 2. The molecule has 3 aromatic heterocycles. The van der Waals surface area contributed by atoms with Crippen LogP contribution in [-0.4, -0.2) is 38.8 Å². The third kappa shape index (κ3) is 4.15. The van der Waals surface area contributed by atoms with Crippen LogP contribution >= 0.6 is 0 Å². The Morgan fingerprint density at radius 1 is 1.03 bits per heavy atom. The number of aromatic nitrogens is 5. The number of hydrogen-bond acceptors (Lipinski definition) is 6. The van der Waals surface area contributed by atoms with Crippen molar-refractivity contribution >= 4 is 16.7 Å². The predicted molar refractivity (Wildman–Crippen MR) is 125 cm³/mol. The zero-order valence-electron chi connectivity index (χ0n) is 18.2. The molecule has 0 aliphatic heterocycles. The number of pyridine rings is 1. The molecule has 0 bridgehead atoms. The van der Waals surface area contributed by atoms with Crippen LogP contribution in [0.4, 0.5) is 14.6 Å². The van der Waals surface area contributed by atoms with Crippen molar-refractivity contribution in [1.82, 2.24) is 25.1 Å². The number of ether oxygens (including phenoxy) is 1. The van der Waals surface area contributed by atoms with Crippen LogP contribution in [0.3, 0.4) is 0 Å². The fourth-order valence-corrected chi connectivity index (χ4v) is 3.70. The Kier molecular flexibility index (Phi) is 5.82. The molecule has 5 rings (SSSR count). The SMILES string of the molecule is CNc1nc(-c2cccnc2)nc2c(OCCc3cn[nH]c3)cc(-c3cccc(F)c3F)cc12. The second kappa shape index (κ2) is 9.22. The van der Waals surface area contributed by atoms with Gasteiger partial charge in [-0.3, -0.25) is 10.1 Å². The van der Waals surface area contributed by atoms with E-state index in [2.05, 4.69) is 25.5 Å². The summed E-state index contributed by atoms with van der Waals surface area (Å²) in [5.41, 5.74) is 2.85. The van der Waals surface area contributed by atoms with Gasteiger partial charge in [-0.25, -0.2) is 18.7 Å². The number of hydrogen-bond donors (Lipinski definition) is 2. The van der Waals surface area contributed by atoms with Gasteiger partial charge in [-0.1, -0.05) is 12.1 Å². The van der Waals surface area contributed by atoms with Crippen molar-refractivity contribution in [3.05, 3.63) is 84.4 Å². The minimum absolute atomic E-state index is 0.125. The van der Waals surface area contributed by atoms with Gasteiger partial charge in [-0.15, -0.1) is 0 Å². The van der Waals surface area contributed by atoms with Gasteiger partial charge in [-0.2, -0.15) is 5.10 Å². The number of benzene rings is 2. The highest BCUT2D eigenvalue weighted by Gasteiger charge is 2.18. The lowest BCUT2D eigenvalue weighted by Gasteiger charge is -2.15. The minimum atomic E-state index is -0.926. The molecule has 0 amide bonds. The molecule has 2 N–H and O–H groups in total. The van der Waals surface area contributed by atoms with E-state index < -0.39 is 11.6 Å². The van der Waals surface area contributed by atoms with Gasteiger partial charge < -0.3 is 10.1 Å². The first-order chi connectivity index (χ1) is 16.6. The summed E-state index contributed by atoms with van der Waals surface area (Å²) < 4.78 is 34.7. The average Bonchev–Trinajstić information content (AvgIpc) is 3.39. The molecule has 0 radical (unpaired) electrons. The van der Waals surface area contributed by atoms with Gasteiger partial charge in [0.25, 0.3) is 0 Å². The van der Waals surface area contributed by atoms with E-state index in [1.807, 2.05) is 6.07 Å². The Balaban J connectivity index is 1.67. The first-order valence-electron chi connectivity index (χ1n) is 10.6. The minimum Gasteiger partial charge on any atom is -0.491 e. The molecular weight excluding hydrogens is 438 g/mol. The topological polar surface area (TPSA) is 88.6 Å². The van der Waals surface area contributed by atoms with Crippen LogP contribution < -0.4 is 10.1 Å². The van der Waals surface area contributed by atoms with Gasteiger partial charge >= 0.3 is 0 Å².